The molecule has 1 unspecified atom stereocenters. The van der Waals surface area contributed by atoms with E-state index in [4.69, 9.17) is 14.2 Å². The molecule has 0 rings (SSSR count). The van der Waals surface area contributed by atoms with Gasteiger partial charge in [-0.05, 0) is 116 Å². The summed E-state index contributed by atoms with van der Waals surface area (Å²) in [6.45, 7) is 7.77. The monoisotopic (exact) mass is 977 g/mol. The summed E-state index contributed by atoms with van der Waals surface area (Å²) in [5.41, 5.74) is 0. The maximum Gasteiger partial charge on any atom is 0.306 e. The number of hydrogen-bond donors (Lipinski definition) is 0. The SMILES string of the molecule is CCCCC/C=C\C/C=C\C/C=C\CCCCCCCCC(=O)OCC(COCCCCCCCC/C=C\C/C=C\CCCCC)OC(=O)CCCCCCCCCCC/C=C\CCCCCCCC. The Morgan fingerprint density at radius 3 is 1.00 bits per heavy atom. The summed E-state index contributed by atoms with van der Waals surface area (Å²) in [7, 11) is 0. The smallest absolute Gasteiger partial charge is 0.306 e. The van der Waals surface area contributed by atoms with E-state index in [0.717, 1.165) is 70.6 Å². The number of esters is 2. The summed E-state index contributed by atoms with van der Waals surface area (Å²) in [6, 6.07) is 0. The molecule has 0 saturated carbocycles. The van der Waals surface area contributed by atoms with Crippen molar-refractivity contribution in [2.45, 2.75) is 309 Å². The standard InChI is InChI=1S/C65H116O5/c1-4-7-10-13-16-19-22-25-28-31-33-35-37-40-43-46-49-52-55-58-64(66)69-62-63(61-68-60-57-54-51-48-45-42-39-30-27-24-21-18-15-12-9-6-3)70-65(67)59-56-53-50-47-44-41-38-36-34-32-29-26-23-20-17-14-11-8-5-2/h16,18-19,21,25-30,33,35,63H,4-15,17,20,22-24,31-32,34,36-62H2,1-3H3/b19-16-,21-18-,28-25-,29-26-,30-27-,35-33-. The average molecular weight is 978 g/mol. The lowest BCUT2D eigenvalue weighted by Gasteiger charge is -2.18. The van der Waals surface area contributed by atoms with Crippen LogP contribution >= 0.6 is 0 Å². The Morgan fingerprint density at radius 1 is 0.314 bits per heavy atom. The van der Waals surface area contributed by atoms with Crippen molar-refractivity contribution in [1.29, 1.82) is 0 Å². The third-order valence-electron chi connectivity index (χ3n) is 13.2. The number of unbranched alkanes of at least 4 members (excludes halogenated alkanes) is 33. The second-order valence-electron chi connectivity index (χ2n) is 20.2. The van der Waals surface area contributed by atoms with Gasteiger partial charge in [0.25, 0.3) is 0 Å². The highest BCUT2D eigenvalue weighted by molar-refractivity contribution is 5.70. The van der Waals surface area contributed by atoms with Gasteiger partial charge in [0.15, 0.2) is 6.10 Å². The first-order chi connectivity index (χ1) is 34.6. The molecule has 1 atom stereocenters. The van der Waals surface area contributed by atoms with Crippen LogP contribution in [0.15, 0.2) is 72.9 Å². The Labute approximate surface area is 436 Å². The molecule has 0 bridgehead atoms. The molecule has 0 saturated heterocycles. The molecule has 0 aromatic rings. The Bertz CT molecular complexity index is 1240. The maximum absolute atomic E-state index is 12.9. The van der Waals surface area contributed by atoms with Gasteiger partial charge >= 0.3 is 11.9 Å². The van der Waals surface area contributed by atoms with E-state index < -0.39 is 6.10 Å². The fraction of sp³-hybridized carbons (Fsp3) is 0.785. The van der Waals surface area contributed by atoms with Gasteiger partial charge in [0.05, 0.1) is 6.61 Å². The molecule has 5 nitrogen and oxygen atoms in total. The van der Waals surface area contributed by atoms with Gasteiger partial charge in [-0.1, -0.05) is 248 Å². The van der Waals surface area contributed by atoms with Crippen molar-refractivity contribution in [2.24, 2.45) is 0 Å². The van der Waals surface area contributed by atoms with Crippen LogP contribution in [0.2, 0.25) is 0 Å². The zero-order valence-electron chi connectivity index (χ0n) is 46.8. The maximum atomic E-state index is 12.9. The zero-order chi connectivity index (χ0) is 50.6. The number of hydrogen-bond acceptors (Lipinski definition) is 5. The van der Waals surface area contributed by atoms with Crippen LogP contribution in [-0.2, 0) is 23.8 Å². The van der Waals surface area contributed by atoms with Crippen LogP contribution in [0.1, 0.15) is 303 Å². The minimum absolute atomic E-state index is 0.0726. The molecule has 5 heteroatoms. The van der Waals surface area contributed by atoms with E-state index in [0.29, 0.717) is 19.4 Å². The van der Waals surface area contributed by atoms with Crippen molar-refractivity contribution in [3.63, 3.8) is 0 Å². The molecule has 0 heterocycles. The Balaban J connectivity index is 4.31. The van der Waals surface area contributed by atoms with Gasteiger partial charge in [0.1, 0.15) is 6.61 Å². The molecule has 406 valence electrons. The second kappa shape index (κ2) is 60.6. The molecular formula is C65H116O5. The number of ether oxygens (including phenoxy) is 3. The normalized spacial score (nSPS) is 12.7. The lowest BCUT2D eigenvalue weighted by atomic mass is 10.1. The van der Waals surface area contributed by atoms with Gasteiger partial charge < -0.3 is 14.2 Å². The van der Waals surface area contributed by atoms with Gasteiger partial charge in [-0.15, -0.1) is 0 Å². The molecule has 0 aliphatic heterocycles. The quantitative estimate of drug-likeness (QED) is 0.0345. The van der Waals surface area contributed by atoms with E-state index in [1.807, 2.05) is 0 Å². The highest BCUT2D eigenvalue weighted by Crippen LogP contribution is 2.15. The third-order valence-corrected chi connectivity index (χ3v) is 13.2. The number of rotatable bonds is 56. The molecule has 0 aromatic carbocycles. The van der Waals surface area contributed by atoms with Crippen molar-refractivity contribution in [2.75, 3.05) is 19.8 Å². The average Bonchev–Trinajstić information content (AvgIpc) is 3.36. The van der Waals surface area contributed by atoms with E-state index in [1.54, 1.807) is 0 Å². The predicted molar refractivity (Wildman–Crippen MR) is 307 cm³/mol. The first-order valence-corrected chi connectivity index (χ1v) is 30.5. The minimum Gasteiger partial charge on any atom is -0.462 e. The molecule has 0 aliphatic carbocycles. The van der Waals surface area contributed by atoms with Gasteiger partial charge in [0.2, 0.25) is 0 Å². The summed E-state index contributed by atoms with van der Waals surface area (Å²) in [5.74, 6) is -0.410. The van der Waals surface area contributed by atoms with Crippen molar-refractivity contribution in [3.05, 3.63) is 72.9 Å². The summed E-state index contributed by atoms with van der Waals surface area (Å²) < 4.78 is 17.5. The van der Waals surface area contributed by atoms with E-state index in [9.17, 15) is 9.59 Å². The van der Waals surface area contributed by atoms with Crippen LogP contribution in [-0.4, -0.2) is 37.9 Å². The van der Waals surface area contributed by atoms with E-state index >= 15 is 0 Å². The Morgan fingerprint density at radius 2 is 0.600 bits per heavy atom. The first kappa shape index (κ1) is 67.3. The molecule has 0 aromatic heterocycles. The fourth-order valence-corrected chi connectivity index (χ4v) is 8.60. The van der Waals surface area contributed by atoms with Crippen LogP contribution in [0.3, 0.4) is 0 Å². The summed E-state index contributed by atoms with van der Waals surface area (Å²) in [6.07, 6.45) is 79.2. The zero-order valence-corrected chi connectivity index (χ0v) is 46.8. The minimum atomic E-state index is -0.552. The highest BCUT2D eigenvalue weighted by atomic mass is 16.6. The highest BCUT2D eigenvalue weighted by Gasteiger charge is 2.17. The van der Waals surface area contributed by atoms with Gasteiger partial charge in [0, 0.05) is 19.4 Å². The number of carbonyl (C=O) groups is 2. The second-order valence-corrected chi connectivity index (χ2v) is 20.2. The molecular weight excluding hydrogens is 861 g/mol. The van der Waals surface area contributed by atoms with E-state index in [2.05, 4.69) is 93.7 Å². The van der Waals surface area contributed by atoms with Gasteiger partial charge in [-0.2, -0.15) is 0 Å². The topological polar surface area (TPSA) is 61.8 Å². The predicted octanol–water partition coefficient (Wildman–Crippen LogP) is 21.0. The van der Waals surface area contributed by atoms with E-state index in [1.165, 1.54) is 199 Å². The van der Waals surface area contributed by atoms with Gasteiger partial charge in [-0.3, -0.25) is 9.59 Å². The van der Waals surface area contributed by atoms with Crippen molar-refractivity contribution in [1.82, 2.24) is 0 Å². The first-order valence-electron chi connectivity index (χ1n) is 30.5. The number of allylic oxidation sites excluding steroid dienone is 12. The molecule has 70 heavy (non-hydrogen) atoms. The lowest BCUT2D eigenvalue weighted by Crippen LogP contribution is -2.30. The largest absolute Gasteiger partial charge is 0.462 e. The molecule has 0 amide bonds. The van der Waals surface area contributed by atoms with Crippen molar-refractivity contribution < 1.29 is 23.8 Å². The van der Waals surface area contributed by atoms with Crippen LogP contribution < -0.4 is 0 Å². The van der Waals surface area contributed by atoms with Crippen LogP contribution in [0.5, 0.6) is 0 Å². The van der Waals surface area contributed by atoms with E-state index in [-0.39, 0.29) is 25.2 Å². The summed E-state index contributed by atoms with van der Waals surface area (Å²) in [5, 5.41) is 0. The van der Waals surface area contributed by atoms with Gasteiger partial charge in [-0.25, -0.2) is 0 Å². The molecule has 0 fully saturated rings. The Hall–Kier alpha value is -2.66. The van der Waals surface area contributed by atoms with Crippen LogP contribution in [0.25, 0.3) is 0 Å². The van der Waals surface area contributed by atoms with Crippen LogP contribution in [0.4, 0.5) is 0 Å². The molecule has 0 N–H and O–H groups in total. The molecule has 0 aliphatic rings. The Kier molecular flexibility index (Phi) is 58.3. The fourth-order valence-electron chi connectivity index (χ4n) is 8.60. The van der Waals surface area contributed by atoms with Crippen LogP contribution in [0, 0.1) is 0 Å². The lowest BCUT2D eigenvalue weighted by molar-refractivity contribution is -0.163. The third kappa shape index (κ3) is 57.9. The van der Waals surface area contributed by atoms with Crippen molar-refractivity contribution in [3.8, 4) is 0 Å². The number of carbonyl (C=O) groups excluding carboxylic acids is 2. The summed E-state index contributed by atoms with van der Waals surface area (Å²) >= 11 is 0. The summed E-state index contributed by atoms with van der Waals surface area (Å²) in [4.78, 5) is 25.6. The molecule has 0 spiro atoms. The molecule has 0 radical (unpaired) electrons. The van der Waals surface area contributed by atoms with Crippen molar-refractivity contribution >= 4 is 11.9 Å².